The summed E-state index contributed by atoms with van der Waals surface area (Å²) in [7, 11) is 0. The van der Waals surface area contributed by atoms with E-state index in [0.717, 1.165) is 32.4 Å². The fourth-order valence-electron chi connectivity index (χ4n) is 2.35. The zero-order valence-corrected chi connectivity index (χ0v) is 12.1. The average molecular weight is 257 g/mol. The molecule has 1 saturated heterocycles. The number of carbonyl (C=O) groups is 1. The molecule has 0 aromatic heterocycles. The van der Waals surface area contributed by atoms with Crippen LogP contribution in [0.1, 0.15) is 47.0 Å². The van der Waals surface area contributed by atoms with Gasteiger partial charge in [-0.25, -0.2) is 0 Å². The van der Waals surface area contributed by atoms with Crippen LogP contribution in [0, 0.1) is 5.92 Å². The van der Waals surface area contributed by atoms with Crippen molar-refractivity contribution in [3.8, 4) is 0 Å². The predicted octanol–water partition coefficient (Wildman–Crippen LogP) is 1.81. The highest BCUT2D eigenvalue weighted by atomic mass is 16.6. The molecule has 1 rings (SSSR count). The van der Waals surface area contributed by atoms with Gasteiger partial charge in [0, 0.05) is 6.61 Å². The number of esters is 1. The van der Waals surface area contributed by atoms with E-state index in [0.29, 0.717) is 5.92 Å². The van der Waals surface area contributed by atoms with Gasteiger partial charge in [-0.15, -0.1) is 0 Å². The molecular weight excluding hydrogens is 230 g/mol. The van der Waals surface area contributed by atoms with Crippen LogP contribution in [0.5, 0.6) is 0 Å². The Balaban J connectivity index is 2.40. The molecule has 0 aromatic rings. The molecule has 1 N–H and O–H groups in total. The van der Waals surface area contributed by atoms with Gasteiger partial charge in [-0.2, -0.15) is 0 Å². The number of likely N-dealkylation sites (tertiary alicyclic amines) is 1. The van der Waals surface area contributed by atoms with Crippen LogP contribution in [0.4, 0.5) is 0 Å². The zero-order chi connectivity index (χ0) is 13.8. The molecule has 0 amide bonds. The molecule has 0 aromatic carbocycles. The fraction of sp³-hybridized carbons (Fsp3) is 0.929. The second-order valence-corrected chi connectivity index (χ2v) is 6.20. The molecule has 0 spiro atoms. The first kappa shape index (κ1) is 15.4. The van der Waals surface area contributed by atoms with E-state index in [1.165, 1.54) is 0 Å². The van der Waals surface area contributed by atoms with Gasteiger partial charge in [0.25, 0.3) is 0 Å². The largest absolute Gasteiger partial charge is 0.459 e. The molecule has 1 aliphatic heterocycles. The maximum absolute atomic E-state index is 12.0. The molecule has 1 fully saturated rings. The lowest BCUT2D eigenvalue weighted by molar-refractivity contribution is -0.161. The molecule has 0 saturated carbocycles. The second-order valence-electron chi connectivity index (χ2n) is 6.20. The summed E-state index contributed by atoms with van der Waals surface area (Å²) in [4.78, 5) is 14.1. The monoisotopic (exact) mass is 257 g/mol. The van der Waals surface area contributed by atoms with Gasteiger partial charge in [0.15, 0.2) is 0 Å². The summed E-state index contributed by atoms with van der Waals surface area (Å²) in [6.07, 6.45) is 3.01. The average Bonchev–Trinajstić information content (AvgIpc) is 2.27. The maximum Gasteiger partial charge on any atom is 0.323 e. The summed E-state index contributed by atoms with van der Waals surface area (Å²) in [5.41, 5.74) is -0.416. The van der Waals surface area contributed by atoms with Crippen molar-refractivity contribution in [2.75, 3.05) is 19.7 Å². The number of nitrogens with zero attached hydrogens (tertiary/aromatic N) is 1. The number of aliphatic hydroxyl groups is 1. The Labute approximate surface area is 110 Å². The summed E-state index contributed by atoms with van der Waals surface area (Å²) in [5, 5.41) is 8.92. The fourth-order valence-corrected chi connectivity index (χ4v) is 2.35. The Kier molecular flexibility index (Phi) is 5.60. The topological polar surface area (TPSA) is 49.8 Å². The number of rotatable bonds is 4. The molecule has 1 atom stereocenters. The highest BCUT2D eigenvalue weighted by Crippen LogP contribution is 2.22. The number of carbonyl (C=O) groups excluding carboxylic acids is 1. The van der Waals surface area contributed by atoms with Gasteiger partial charge in [-0.3, -0.25) is 9.69 Å². The normalized spacial score (nSPS) is 20.7. The van der Waals surface area contributed by atoms with Gasteiger partial charge in [-0.05, 0) is 66.0 Å². The van der Waals surface area contributed by atoms with Crippen LogP contribution in [-0.2, 0) is 9.53 Å². The van der Waals surface area contributed by atoms with Gasteiger partial charge in [0.05, 0.1) is 0 Å². The third-order valence-electron chi connectivity index (χ3n) is 3.48. The van der Waals surface area contributed by atoms with E-state index in [9.17, 15) is 4.79 Å². The number of piperidine rings is 1. The Morgan fingerprint density at radius 3 is 2.39 bits per heavy atom. The summed E-state index contributed by atoms with van der Waals surface area (Å²) >= 11 is 0. The first-order valence-electron chi connectivity index (χ1n) is 6.91. The van der Waals surface area contributed by atoms with Crippen molar-refractivity contribution in [3.63, 3.8) is 0 Å². The first-order chi connectivity index (χ1) is 8.33. The lowest BCUT2D eigenvalue weighted by Crippen LogP contribution is -2.46. The number of hydrogen-bond acceptors (Lipinski definition) is 4. The summed E-state index contributed by atoms with van der Waals surface area (Å²) in [5.74, 6) is 0.472. The minimum Gasteiger partial charge on any atom is -0.459 e. The van der Waals surface area contributed by atoms with Gasteiger partial charge < -0.3 is 9.84 Å². The minimum atomic E-state index is -0.416. The predicted molar refractivity (Wildman–Crippen MR) is 71.3 cm³/mol. The molecular formula is C14H27NO3. The Morgan fingerprint density at radius 2 is 1.94 bits per heavy atom. The van der Waals surface area contributed by atoms with Crippen LogP contribution in [0.15, 0.2) is 0 Å². The number of hydrogen-bond donors (Lipinski definition) is 1. The minimum absolute atomic E-state index is 0.136. The standard InChI is InChI=1S/C14H27NO3/c1-11(13(17)18-14(2,3)4)15-8-5-12(6-9-15)7-10-16/h11-12,16H,5-10H2,1-4H3. The van der Waals surface area contributed by atoms with Crippen molar-refractivity contribution >= 4 is 5.97 Å². The van der Waals surface area contributed by atoms with Crippen LogP contribution >= 0.6 is 0 Å². The van der Waals surface area contributed by atoms with Crippen molar-refractivity contribution in [1.82, 2.24) is 4.90 Å². The molecule has 0 aliphatic carbocycles. The van der Waals surface area contributed by atoms with Crippen molar-refractivity contribution < 1.29 is 14.6 Å². The van der Waals surface area contributed by atoms with E-state index in [-0.39, 0.29) is 18.6 Å². The molecule has 18 heavy (non-hydrogen) atoms. The second kappa shape index (κ2) is 6.53. The lowest BCUT2D eigenvalue weighted by atomic mass is 9.93. The molecule has 1 aliphatic rings. The third-order valence-corrected chi connectivity index (χ3v) is 3.48. The molecule has 1 unspecified atom stereocenters. The van der Waals surface area contributed by atoms with Crippen molar-refractivity contribution in [2.45, 2.75) is 58.6 Å². The van der Waals surface area contributed by atoms with Gasteiger partial charge in [0.2, 0.25) is 0 Å². The quantitative estimate of drug-likeness (QED) is 0.780. The molecule has 0 radical (unpaired) electrons. The zero-order valence-electron chi connectivity index (χ0n) is 12.1. The summed E-state index contributed by atoms with van der Waals surface area (Å²) < 4.78 is 5.41. The Hall–Kier alpha value is -0.610. The molecule has 1 heterocycles. The lowest BCUT2D eigenvalue weighted by Gasteiger charge is -2.35. The number of aliphatic hydroxyl groups excluding tert-OH is 1. The van der Waals surface area contributed by atoms with Crippen LogP contribution in [-0.4, -0.2) is 47.3 Å². The van der Waals surface area contributed by atoms with E-state index in [1.54, 1.807) is 0 Å². The van der Waals surface area contributed by atoms with Crippen LogP contribution in [0.2, 0.25) is 0 Å². The Morgan fingerprint density at radius 1 is 1.39 bits per heavy atom. The molecule has 0 bridgehead atoms. The third kappa shape index (κ3) is 4.94. The number of ether oxygens (including phenoxy) is 1. The highest BCUT2D eigenvalue weighted by Gasteiger charge is 2.29. The van der Waals surface area contributed by atoms with E-state index in [1.807, 2.05) is 27.7 Å². The molecule has 4 nitrogen and oxygen atoms in total. The van der Waals surface area contributed by atoms with E-state index in [2.05, 4.69) is 4.90 Å². The van der Waals surface area contributed by atoms with Crippen molar-refractivity contribution in [1.29, 1.82) is 0 Å². The Bertz CT molecular complexity index is 265. The summed E-state index contributed by atoms with van der Waals surface area (Å²) in [6, 6.07) is -0.167. The molecule has 106 valence electrons. The van der Waals surface area contributed by atoms with Crippen molar-refractivity contribution in [3.05, 3.63) is 0 Å². The van der Waals surface area contributed by atoms with Crippen molar-refractivity contribution in [2.24, 2.45) is 5.92 Å². The highest BCUT2D eigenvalue weighted by molar-refractivity contribution is 5.75. The SMILES string of the molecule is CC(C(=O)OC(C)(C)C)N1CCC(CCO)CC1. The first-order valence-corrected chi connectivity index (χ1v) is 6.91. The summed E-state index contributed by atoms with van der Waals surface area (Å²) in [6.45, 7) is 9.71. The smallest absolute Gasteiger partial charge is 0.323 e. The van der Waals surface area contributed by atoms with E-state index >= 15 is 0 Å². The molecule has 4 heteroatoms. The van der Waals surface area contributed by atoms with Gasteiger partial charge in [-0.1, -0.05) is 0 Å². The van der Waals surface area contributed by atoms with E-state index < -0.39 is 5.60 Å². The van der Waals surface area contributed by atoms with Crippen LogP contribution < -0.4 is 0 Å². The van der Waals surface area contributed by atoms with Gasteiger partial charge in [0.1, 0.15) is 11.6 Å². The van der Waals surface area contributed by atoms with Gasteiger partial charge >= 0.3 is 5.97 Å². The maximum atomic E-state index is 12.0. The van der Waals surface area contributed by atoms with Crippen LogP contribution in [0.25, 0.3) is 0 Å². The van der Waals surface area contributed by atoms with Crippen LogP contribution in [0.3, 0.4) is 0 Å². The van der Waals surface area contributed by atoms with E-state index in [4.69, 9.17) is 9.84 Å².